The van der Waals surface area contributed by atoms with Crippen molar-refractivity contribution in [3.05, 3.63) is 54.4 Å². The van der Waals surface area contributed by atoms with Crippen LogP contribution in [0.3, 0.4) is 0 Å². The Hall–Kier alpha value is -2.93. The Balaban J connectivity index is 2.39. The first-order valence-electron chi connectivity index (χ1n) is 5.94. The quantitative estimate of drug-likeness (QED) is 0.478. The fourth-order valence-corrected chi connectivity index (χ4v) is 2.42. The molecule has 4 aromatic rings. The highest BCUT2D eigenvalue weighted by molar-refractivity contribution is 5.96. The second-order valence-electron chi connectivity index (χ2n) is 4.32. The molecule has 0 aliphatic rings. The molecule has 2 aromatic heterocycles. The first kappa shape index (κ1) is 10.0. The third-order valence-corrected chi connectivity index (χ3v) is 3.24. The standard InChI is InChI=1S/C15H8N4/c16-9-14-17-11-6-2-1-5-10(11)15-18-12-7-3-4-8-13(12)19(14)15/h1-8H. The van der Waals surface area contributed by atoms with Gasteiger partial charge < -0.3 is 0 Å². The second-order valence-corrected chi connectivity index (χ2v) is 4.32. The van der Waals surface area contributed by atoms with E-state index in [1.807, 2.05) is 52.9 Å². The maximum absolute atomic E-state index is 9.31. The molecular formula is C15H8N4. The summed E-state index contributed by atoms with van der Waals surface area (Å²) in [6, 6.07) is 17.7. The number of para-hydroxylation sites is 3. The Morgan fingerprint density at radius 3 is 2.47 bits per heavy atom. The van der Waals surface area contributed by atoms with E-state index < -0.39 is 0 Å². The monoisotopic (exact) mass is 244 g/mol. The molecular weight excluding hydrogens is 236 g/mol. The number of fused-ring (bicyclic) bond motifs is 5. The van der Waals surface area contributed by atoms with E-state index in [2.05, 4.69) is 16.0 Å². The highest BCUT2D eigenvalue weighted by Crippen LogP contribution is 2.23. The number of nitriles is 1. The van der Waals surface area contributed by atoms with Gasteiger partial charge in [0.25, 0.3) is 0 Å². The molecule has 2 aromatic carbocycles. The van der Waals surface area contributed by atoms with Crippen LogP contribution >= 0.6 is 0 Å². The van der Waals surface area contributed by atoms with Gasteiger partial charge in [0.1, 0.15) is 11.7 Å². The van der Waals surface area contributed by atoms with E-state index in [1.165, 1.54) is 0 Å². The zero-order chi connectivity index (χ0) is 12.8. The normalized spacial score (nSPS) is 11.1. The SMILES string of the molecule is N#Cc1nc2ccccc2c2nc3ccccc3n12. The number of imidazole rings is 1. The van der Waals surface area contributed by atoms with Gasteiger partial charge in [0.05, 0.1) is 16.6 Å². The van der Waals surface area contributed by atoms with Crippen molar-refractivity contribution in [1.82, 2.24) is 14.4 Å². The lowest BCUT2D eigenvalue weighted by atomic mass is 10.2. The minimum absolute atomic E-state index is 0.363. The van der Waals surface area contributed by atoms with Crippen LogP contribution in [0, 0.1) is 11.3 Å². The van der Waals surface area contributed by atoms with Crippen LogP contribution in [0.2, 0.25) is 0 Å². The van der Waals surface area contributed by atoms with Crippen LogP contribution in [-0.4, -0.2) is 14.4 Å². The van der Waals surface area contributed by atoms with Crippen molar-refractivity contribution in [2.75, 3.05) is 0 Å². The Morgan fingerprint density at radius 2 is 1.63 bits per heavy atom. The molecule has 0 atom stereocenters. The molecule has 0 N–H and O–H groups in total. The topological polar surface area (TPSA) is 54.0 Å². The van der Waals surface area contributed by atoms with E-state index in [9.17, 15) is 5.26 Å². The minimum atomic E-state index is 0.363. The van der Waals surface area contributed by atoms with Crippen molar-refractivity contribution in [2.24, 2.45) is 0 Å². The van der Waals surface area contributed by atoms with Gasteiger partial charge in [-0.1, -0.05) is 24.3 Å². The Morgan fingerprint density at radius 1 is 0.895 bits per heavy atom. The Kier molecular flexibility index (Phi) is 1.86. The van der Waals surface area contributed by atoms with Crippen LogP contribution in [0.1, 0.15) is 5.82 Å². The van der Waals surface area contributed by atoms with E-state index in [-0.39, 0.29) is 0 Å². The van der Waals surface area contributed by atoms with Crippen molar-refractivity contribution in [2.45, 2.75) is 0 Å². The van der Waals surface area contributed by atoms with Crippen molar-refractivity contribution < 1.29 is 0 Å². The Labute approximate surface area is 108 Å². The summed E-state index contributed by atoms with van der Waals surface area (Å²) >= 11 is 0. The average molecular weight is 244 g/mol. The molecule has 4 rings (SSSR count). The fourth-order valence-electron chi connectivity index (χ4n) is 2.42. The van der Waals surface area contributed by atoms with Crippen molar-refractivity contribution in [1.29, 1.82) is 5.26 Å². The maximum atomic E-state index is 9.31. The lowest BCUT2D eigenvalue weighted by Crippen LogP contribution is -1.97. The summed E-state index contributed by atoms with van der Waals surface area (Å²) in [6.45, 7) is 0. The number of benzene rings is 2. The molecule has 4 nitrogen and oxygen atoms in total. The van der Waals surface area contributed by atoms with Gasteiger partial charge in [-0.2, -0.15) is 5.26 Å². The third-order valence-electron chi connectivity index (χ3n) is 3.24. The van der Waals surface area contributed by atoms with E-state index in [1.54, 1.807) is 0 Å². The predicted octanol–water partition coefficient (Wildman–Crippen LogP) is 2.91. The molecule has 88 valence electrons. The van der Waals surface area contributed by atoms with Crippen molar-refractivity contribution >= 4 is 27.6 Å². The highest BCUT2D eigenvalue weighted by Gasteiger charge is 2.12. The molecule has 0 amide bonds. The first-order chi connectivity index (χ1) is 9.38. The van der Waals surface area contributed by atoms with Crippen LogP contribution in [0.5, 0.6) is 0 Å². The second kappa shape index (κ2) is 3.53. The van der Waals surface area contributed by atoms with Gasteiger partial charge in [0.2, 0.25) is 5.82 Å². The summed E-state index contributed by atoms with van der Waals surface area (Å²) in [7, 11) is 0. The van der Waals surface area contributed by atoms with E-state index in [4.69, 9.17) is 0 Å². The van der Waals surface area contributed by atoms with Gasteiger partial charge in [-0.05, 0) is 24.3 Å². The zero-order valence-electron chi connectivity index (χ0n) is 9.91. The lowest BCUT2D eigenvalue weighted by molar-refractivity contribution is 1.10. The van der Waals surface area contributed by atoms with Gasteiger partial charge in [-0.15, -0.1) is 0 Å². The van der Waals surface area contributed by atoms with Gasteiger partial charge in [-0.25, -0.2) is 9.97 Å². The average Bonchev–Trinajstić information content (AvgIpc) is 2.86. The summed E-state index contributed by atoms with van der Waals surface area (Å²) < 4.78 is 1.82. The minimum Gasteiger partial charge on any atom is -0.267 e. The number of hydrogen-bond acceptors (Lipinski definition) is 3. The highest BCUT2D eigenvalue weighted by atomic mass is 15.1. The van der Waals surface area contributed by atoms with E-state index in [0.717, 1.165) is 27.6 Å². The van der Waals surface area contributed by atoms with Gasteiger partial charge in [0.15, 0.2) is 0 Å². The summed E-state index contributed by atoms with van der Waals surface area (Å²) in [4.78, 5) is 9.03. The molecule has 19 heavy (non-hydrogen) atoms. The summed E-state index contributed by atoms with van der Waals surface area (Å²) in [5.74, 6) is 0.363. The van der Waals surface area contributed by atoms with E-state index in [0.29, 0.717) is 5.82 Å². The molecule has 0 unspecified atom stereocenters. The smallest absolute Gasteiger partial charge is 0.219 e. The fraction of sp³-hybridized carbons (Fsp3) is 0. The van der Waals surface area contributed by atoms with Crippen LogP contribution < -0.4 is 0 Å². The zero-order valence-corrected chi connectivity index (χ0v) is 9.91. The van der Waals surface area contributed by atoms with Crippen LogP contribution in [0.15, 0.2) is 48.5 Å². The molecule has 0 saturated carbocycles. The predicted molar refractivity (Wildman–Crippen MR) is 72.7 cm³/mol. The van der Waals surface area contributed by atoms with E-state index >= 15 is 0 Å². The largest absolute Gasteiger partial charge is 0.267 e. The molecule has 0 radical (unpaired) electrons. The Bertz CT molecular complexity index is 976. The summed E-state index contributed by atoms with van der Waals surface area (Å²) in [5, 5.41) is 10.3. The first-order valence-corrected chi connectivity index (χ1v) is 5.94. The molecule has 0 fully saturated rings. The number of rotatable bonds is 0. The van der Waals surface area contributed by atoms with Gasteiger partial charge in [-0.3, -0.25) is 4.40 Å². The number of aromatic nitrogens is 3. The summed E-state index contributed by atoms with van der Waals surface area (Å²) in [6.07, 6.45) is 0. The summed E-state index contributed by atoms with van der Waals surface area (Å²) in [5.41, 5.74) is 3.36. The molecule has 0 spiro atoms. The molecule has 0 aliphatic carbocycles. The third kappa shape index (κ3) is 1.27. The lowest BCUT2D eigenvalue weighted by Gasteiger charge is -2.02. The molecule has 4 heteroatoms. The van der Waals surface area contributed by atoms with Crippen LogP contribution in [0.25, 0.3) is 27.6 Å². The van der Waals surface area contributed by atoms with Crippen molar-refractivity contribution in [3.63, 3.8) is 0 Å². The molecule has 2 heterocycles. The maximum Gasteiger partial charge on any atom is 0.219 e. The van der Waals surface area contributed by atoms with Crippen LogP contribution in [-0.2, 0) is 0 Å². The number of nitrogens with zero attached hydrogens (tertiary/aromatic N) is 4. The van der Waals surface area contributed by atoms with Gasteiger partial charge >= 0.3 is 0 Å². The molecule has 0 saturated heterocycles. The van der Waals surface area contributed by atoms with Crippen molar-refractivity contribution in [3.8, 4) is 6.07 Å². The number of hydrogen-bond donors (Lipinski definition) is 0. The van der Waals surface area contributed by atoms with Gasteiger partial charge in [0, 0.05) is 5.39 Å². The molecule has 0 aliphatic heterocycles. The van der Waals surface area contributed by atoms with Crippen LogP contribution in [0.4, 0.5) is 0 Å². The molecule has 0 bridgehead atoms.